The molecule has 2 atom stereocenters. The molecule has 0 saturated carbocycles. The van der Waals surface area contributed by atoms with E-state index in [4.69, 9.17) is 10.5 Å². The van der Waals surface area contributed by atoms with Gasteiger partial charge in [0.25, 0.3) is 0 Å². The van der Waals surface area contributed by atoms with Crippen LogP contribution in [0.1, 0.15) is 35.6 Å². The fourth-order valence-corrected chi connectivity index (χ4v) is 3.99. The lowest BCUT2D eigenvalue weighted by molar-refractivity contribution is -0.908. The normalized spacial score (nSPS) is 21.8. The van der Waals surface area contributed by atoms with Crippen LogP contribution in [0.5, 0.6) is 0 Å². The lowest BCUT2D eigenvalue weighted by Crippen LogP contribution is -3.14. The second-order valence-electron chi connectivity index (χ2n) is 7.77. The summed E-state index contributed by atoms with van der Waals surface area (Å²) in [6.07, 6.45) is 0.852. The number of benzene rings is 2. The van der Waals surface area contributed by atoms with Gasteiger partial charge in [-0.3, -0.25) is 4.79 Å². The largest absolute Gasteiger partial charge is 0.385 e. The molecule has 28 heavy (non-hydrogen) atoms. The molecule has 2 aromatic rings. The Labute approximate surface area is 167 Å². The number of nitrogens with two attached hydrogens (primary N) is 1. The minimum atomic E-state index is -0.546. The van der Waals surface area contributed by atoms with Gasteiger partial charge in [-0.15, -0.1) is 0 Å². The molecule has 1 amide bonds. The number of hydrogen-bond donors (Lipinski definition) is 3. The zero-order valence-corrected chi connectivity index (χ0v) is 16.5. The number of quaternary nitrogens is 1. The number of primary amides is 1. The lowest BCUT2D eigenvalue weighted by Gasteiger charge is -2.29. The number of likely N-dealkylation sites (tertiary alicyclic amines) is 1. The van der Waals surface area contributed by atoms with E-state index in [1.54, 1.807) is 0 Å². The summed E-state index contributed by atoms with van der Waals surface area (Å²) >= 11 is 0. The fourth-order valence-electron chi connectivity index (χ4n) is 3.99. The quantitative estimate of drug-likeness (QED) is 0.642. The van der Waals surface area contributed by atoms with Crippen molar-refractivity contribution in [3.8, 4) is 0 Å². The van der Waals surface area contributed by atoms with Crippen LogP contribution in [0.4, 0.5) is 0 Å². The minimum absolute atomic E-state index is 0.0133. The molecule has 1 aliphatic rings. The molecule has 1 heterocycles. The Morgan fingerprint density at radius 1 is 1.14 bits per heavy atom. The average molecular weight is 384 g/mol. The van der Waals surface area contributed by atoms with Crippen LogP contribution in [-0.2, 0) is 9.53 Å². The molecule has 3 rings (SSSR count). The molecule has 150 valence electrons. The van der Waals surface area contributed by atoms with Gasteiger partial charge in [0.15, 0.2) is 0 Å². The van der Waals surface area contributed by atoms with E-state index in [1.165, 1.54) is 10.5 Å². The predicted molar refractivity (Wildman–Crippen MR) is 109 cm³/mol. The monoisotopic (exact) mass is 383 g/mol. The summed E-state index contributed by atoms with van der Waals surface area (Å²) in [5, 5.41) is 10.6. The summed E-state index contributed by atoms with van der Waals surface area (Å²) in [6.45, 7) is 4.71. The first-order valence-corrected chi connectivity index (χ1v) is 10.1. The van der Waals surface area contributed by atoms with E-state index in [0.29, 0.717) is 6.54 Å². The third-order valence-electron chi connectivity index (χ3n) is 5.65. The van der Waals surface area contributed by atoms with Gasteiger partial charge in [-0.25, -0.2) is 0 Å². The predicted octanol–water partition coefficient (Wildman–Crippen LogP) is 1.24. The Bertz CT molecular complexity index is 757. The number of aliphatic hydroxyl groups is 1. The Kier molecular flexibility index (Phi) is 7.20. The van der Waals surface area contributed by atoms with Crippen molar-refractivity contribution < 1.29 is 19.5 Å². The molecule has 2 aromatic carbocycles. The van der Waals surface area contributed by atoms with E-state index in [2.05, 4.69) is 31.2 Å². The maximum atomic E-state index is 11.3. The Morgan fingerprint density at radius 2 is 1.79 bits per heavy atom. The maximum Gasteiger partial charge on any atom is 0.220 e. The number of carbonyl (C=O) groups excluding carboxylic acids is 1. The van der Waals surface area contributed by atoms with Crippen LogP contribution < -0.4 is 10.6 Å². The van der Waals surface area contributed by atoms with Crippen molar-refractivity contribution in [2.75, 3.05) is 26.2 Å². The SMILES string of the molecule is Cc1ccccc1[C@@H](OC[C@@H](O)C[NH+]1CCC(C(N)=O)CC1)c1ccccc1. The summed E-state index contributed by atoms with van der Waals surface area (Å²) in [5.41, 5.74) is 8.77. The highest BCUT2D eigenvalue weighted by Crippen LogP contribution is 2.28. The van der Waals surface area contributed by atoms with Crippen LogP contribution in [0.2, 0.25) is 0 Å². The van der Waals surface area contributed by atoms with E-state index in [1.807, 2.05) is 30.3 Å². The van der Waals surface area contributed by atoms with Crippen LogP contribution in [-0.4, -0.2) is 43.4 Å². The highest BCUT2D eigenvalue weighted by atomic mass is 16.5. The molecule has 1 fully saturated rings. The number of ether oxygens (including phenoxy) is 1. The topological polar surface area (TPSA) is 77.0 Å². The van der Waals surface area contributed by atoms with Gasteiger partial charge in [0.1, 0.15) is 18.8 Å². The van der Waals surface area contributed by atoms with E-state index < -0.39 is 6.10 Å². The van der Waals surface area contributed by atoms with E-state index in [-0.39, 0.29) is 24.5 Å². The van der Waals surface area contributed by atoms with Crippen molar-refractivity contribution in [1.82, 2.24) is 0 Å². The number of nitrogens with one attached hydrogen (secondary N) is 1. The molecule has 5 heteroatoms. The first kappa shape index (κ1) is 20.5. The minimum Gasteiger partial charge on any atom is -0.385 e. The second-order valence-corrected chi connectivity index (χ2v) is 7.77. The zero-order valence-electron chi connectivity index (χ0n) is 16.5. The third-order valence-corrected chi connectivity index (χ3v) is 5.65. The van der Waals surface area contributed by atoms with Gasteiger partial charge in [-0.2, -0.15) is 0 Å². The van der Waals surface area contributed by atoms with Gasteiger partial charge in [-0.05, 0) is 23.6 Å². The lowest BCUT2D eigenvalue weighted by atomic mass is 9.96. The van der Waals surface area contributed by atoms with Crippen LogP contribution >= 0.6 is 0 Å². The molecular weight excluding hydrogens is 352 g/mol. The Morgan fingerprint density at radius 3 is 2.43 bits per heavy atom. The molecule has 1 saturated heterocycles. The second kappa shape index (κ2) is 9.82. The smallest absolute Gasteiger partial charge is 0.220 e. The van der Waals surface area contributed by atoms with Crippen molar-refractivity contribution in [3.63, 3.8) is 0 Å². The van der Waals surface area contributed by atoms with Crippen molar-refractivity contribution in [1.29, 1.82) is 0 Å². The molecular formula is C23H31N2O3+. The number of aryl methyl sites for hydroxylation is 1. The molecule has 0 unspecified atom stereocenters. The number of hydrogen-bond acceptors (Lipinski definition) is 3. The van der Waals surface area contributed by atoms with Crippen molar-refractivity contribution in [3.05, 3.63) is 71.3 Å². The summed E-state index contributed by atoms with van der Waals surface area (Å²) in [6, 6.07) is 18.3. The van der Waals surface area contributed by atoms with Gasteiger partial charge in [0.05, 0.1) is 19.7 Å². The molecule has 0 spiro atoms. The first-order chi connectivity index (χ1) is 13.5. The zero-order chi connectivity index (χ0) is 19.9. The number of aliphatic hydroxyl groups excluding tert-OH is 1. The number of piperidine rings is 1. The van der Waals surface area contributed by atoms with E-state index in [0.717, 1.165) is 37.1 Å². The summed E-state index contributed by atoms with van der Waals surface area (Å²) in [5.74, 6) is -0.215. The maximum absolute atomic E-state index is 11.3. The fraction of sp³-hybridized carbons (Fsp3) is 0.435. The van der Waals surface area contributed by atoms with Gasteiger partial charge in [0, 0.05) is 18.8 Å². The third kappa shape index (κ3) is 5.41. The Hall–Kier alpha value is -2.21. The van der Waals surface area contributed by atoms with Gasteiger partial charge in [-0.1, -0.05) is 54.6 Å². The van der Waals surface area contributed by atoms with E-state index in [9.17, 15) is 9.90 Å². The summed E-state index contributed by atoms with van der Waals surface area (Å²) in [4.78, 5) is 12.6. The van der Waals surface area contributed by atoms with Gasteiger partial charge in [0.2, 0.25) is 5.91 Å². The molecule has 1 aliphatic heterocycles. The highest BCUT2D eigenvalue weighted by molar-refractivity contribution is 5.76. The van der Waals surface area contributed by atoms with Gasteiger partial charge < -0.3 is 20.5 Å². The average Bonchev–Trinajstić information content (AvgIpc) is 2.70. The molecule has 4 N–H and O–H groups in total. The van der Waals surface area contributed by atoms with Crippen molar-refractivity contribution >= 4 is 5.91 Å². The van der Waals surface area contributed by atoms with Crippen molar-refractivity contribution in [2.24, 2.45) is 11.7 Å². The first-order valence-electron chi connectivity index (χ1n) is 10.1. The number of carbonyl (C=O) groups is 1. The number of rotatable bonds is 8. The Balaban J connectivity index is 1.59. The van der Waals surface area contributed by atoms with Crippen LogP contribution in [0, 0.1) is 12.8 Å². The summed E-state index contributed by atoms with van der Waals surface area (Å²) < 4.78 is 6.22. The molecule has 0 bridgehead atoms. The van der Waals surface area contributed by atoms with E-state index >= 15 is 0 Å². The van der Waals surface area contributed by atoms with Crippen LogP contribution in [0.3, 0.4) is 0 Å². The summed E-state index contributed by atoms with van der Waals surface area (Å²) in [7, 11) is 0. The standard InChI is InChI=1S/C23H30N2O3/c1-17-7-5-6-10-21(17)22(18-8-3-2-4-9-18)28-16-20(26)15-25-13-11-19(12-14-25)23(24)27/h2-10,19-20,22,26H,11-16H2,1H3,(H2,24,27)/p+1/t20-,22-/m0/s1. The highest BCUT2D eigenvalue weighted by Gasteiger charge is 2.27. The van der Waals surface area contributed by atoms with Crippen LogP contribution in [0.15, 0.2) is 54.6 Å². The molecule has 0 aromatic heterocycles. The molecule has 5 nitrogen and oxygen atoms in total. The van der Waals surface area contributed by atoms with Crippen LogP contribution in [0.25, 0.3) is 0 Å². The van der Waals surface area contributed by atoms with Gasteiger partial charge >= 0.3 is 0 Å². The molecule has 0 aliphatic carbocycles. The molecule has 0 radical (unpaired) electrons. The number of amides is 1. The van der Waals surface area contributed by atoms with Crippen molar-refractivity contribution in [2.45, 2.75) is 32.0 Å².